The van der Waals surface area contributed by atoms with E-state index < -0.39 is 40.3 Å². The summed E-state index contributed by atoms with van der Waals surface area (Å²) in [5.74, 6) is -0.904. The molecule has 0 saturated carbocycles. The smallest absolute Gasteiger partial charge is 0.416 e. The zero-order valence-corrected chi connectivity index (χ0v) is 18.1. The molecule has 0 aromatic heterocycles. The van der Waals surface area contributed by atoms with Crippen molar-refractivity contribution < 1.29 is 23.1 Å². The Hall–Kier alpha value is -3.82. The quantitative estimate of drug-likeness (QED) is 0.363. The van der Waals surface area contributed by atoms with Gasteiger partial charge in [0.2, 0.25) is 0 Å². The summed E-state index contributed by atoms with van der Waals surface area (Å²) in [6.07, 6.45) is -4.39. The second-order valence-electron chi connectivity index (χ2n) is 7.62. The maximum Gasteiger partial charge on any atom is 0.416 e. The SMILES string of the molecule is CCC(Nc1c(Nc2cccc(C(=O)N(C)C)c2O)c(=O)c1=O)c1ccccc1C(F)(F)F. The van der Waals surface area contributed by atoms with Gasteiger partial charge in [0.1, 0.15) is 11.4 Å². The van der Waals surface area contributed by atoms with Gasteiger partial charge in [-0.1, -0.05) is 31.2 Å². The zero-order valence-electron chi connectivity index (χ0n) is 18.1. The van der Waals surface area contributed by atoms with E-state index >= 15 is 0 Å². The Balaban J connectivity index is 1.96. The third-order valence-electron chi connectivity index (χ3n) is 5.21. The van der Waals surface area contributed by atoms with Crippen LogP contribution in [0.2, 0.25) is 0 Å². The summed E-state index contributed by atoms with van der Waals surface area (Å²) in [6, 6.07) is 8.37. The van der Waals surface area contributed by atoms with Gasteiger partial charge in [0.05, 0.1) is 22.9 Å². The molecule has 1 atom stereocenters. The number of rotatable bonds is 7. The molecule has 0 radical (unpaired) electrons. The van der Waals surface area contributed by atoms with Gasteiger partial charge in [-0.3, -0.25) is 14.4 Å². The van der Waals surface area contributed by atoms with E-state index in [1.807, 2.05) is 0 Å². The molecule has 3 rings (SSSR count). The first kappa shape index (κ1) is 23.8. The third kappa shape index (κ3) is 4.55. The van der Waals surface area contributed by atoms with Gasteiger partial charge in [-0.15, -0.1) is 0 Å². The van der Waals surface area contributed by atoms with Crippen LogP contribution in [-0.2, 0) is 6.18 Å². The molecule has 7 nitrogen and oxygen atoms in total. The van der Waals surface area contributed by atoms with Crippen LogP contribution in [0.5, 0.6) is 5.75 Å². The van der Waals surface area contributed by atoms with Crippen molar-refractivity contribution in [1.29, 1.82) is 0 Å². The topological polar surface area (TPSA) is 98.7 Å². The number of halogens is 3. The van der Waals surface area contributed by atoms with Crippen molar-refractivity contribution in [3.05, 3.63) is 79.6 Å². The van der Waals surface area contributed by atoms with Crippen LogP contribution in [0.25, 0.3) is 0 Å². The van der Waals surface area contributed by atoms with Crippen molar-refractivity contribution in [2.75, 3.05) is 24.7 Å². The highest BCUT2D eigenvalue weighted by atomic mass is 19.4. The normalized spacial score (nSPS) is 12.4. The summed E-state index contributed by atoms with van der Waals surface area (Å²) >= 11 is 0. The Bertz CT molecular complexity index is 1260. The molecule has 0 saturated heterocycles. The lowest BCUT2D eigenvalue weighted by atomic mass is 9.97. The van der Waals surface area contributed by atoms with Gasteiger partial charge >= 0.3 is 6.18 Å². The van der Waals surface area contributed by atoms with E-state index in [0.717, 1.165) is 6.07 Å². The summed E-state index contributed by atoms with van der Waals surface area (Å²) in [5.41, 5.74) is -3.09. The van der Waals surface area contributed by atoms with Gasteiger partial charge in [-0.05, 0) is 30.2 Å². The number of hydrogen-bond acceptors (Lipinski definition) is 6. The van der Waals surface area contributed by atoms with Crippen molar-refractivity contribution in [3.63, 3.8) is 0 Å². The molecule has 10 heteroatoms. The van der Waals surface area contributed by atoms with Crippen LogP contribution in [0.4, 0.5) is 30.2 Å². The molecule has 0 spiro atoms. The number of nitrogens with zero attached hydrogens (tertiary/aromatic N) is 1. The summed E-state index contributed by atoms with van der Waals surface area (Å²) in [5, 5.41) is 15.9. The highest BCUT2D eigenvalue weighted by Gasteiger charge is 2.35. The van der Waals surface area contributed by atoms with Crippen LogP contribution in [-0.4, -0.2) is 30.0 Å². The lowest BCUT2D eigenvalue weighted by molar-refractivity contribution is -0.138. The minimum Gasteiger partial charge on any atom is -0.505 e. The number of phenolic OH excluding ortho intramolecular Hbond substituents is 1. The number of phenols is 1. The molecule has 0 bridgehead atoms. The fourth-order valence-corrected chi connectivity index (χ4v) is 3.47. The Morgan fingerprint density at radius 1 is 1.03 bits per heavy atom. The highest BCUT2D eigenvalue weighted by molar-refractivity contribution is 5.99. The number of alkyl halides is 3. The first-order chi connectivity index (χ1) is 15.5. The molecule has 3 N–H and O–H groups in total. The largest absolute Gasteiger partial charge is 0.505 e. The fourth-order valence-electron chi connectivity index (χ4n) is 3.47. The first-order valence-electron chi connectivity index (χ1n) is 10.0. The molecular formula is C23H22F3N3O4. The maximum atomic E-state index is 13.5. The monoisotopic (exact) mass is 461 g/mol. The second kappa shape index (κ2) is 8.97. The van der Waals surface area contributed by atoms with Crippen LogP contribution in [0.3, 0.4) is 0 Å². The zero-order chi connectivity index (χ0) is 24.5. The molecular weight excluding hydrogens is 439 g/mol. The molecule has 0 aliphatic heterocycles. The van der Waals surface area contributed by atoms with Gasteiger partial charge < -0.3 is 20.6 Å². The average Bonchev–Trinajstić information content (AvgIpc) is 2.78. The number of carbonyl (C=O) groups excluding carboxylic acids is 1. The van der Waals surface area contributed by atoms with Crippen molar-refractivity contribution in [2.45, 2.75) is 25.6 Å². The maximum absolute atomic E-state index is 13.5. The second-order valence-corrected chi connectivity index (χ2v) is 7.62. The van der Waals surface area contributed by atoms with Gasteiger partial charge in [0.25, 0.3) is 16.8 Å². The van der Waals surface area contributed by atoms with E-state index in [9.17, 15) is 32.7 Å². The molecule has 0 aliphatic rings. The average molecular weight is 461 g/mol. The van der Waals surface area contributed by atoms with Crippen LogP contribution >= 0.6 is 0 Å². The Morgan fingerprint density at radius 3 is 2.27 bits per heavy atom. The molecule has 1 amide bonds. The summed E-state index contributed by atoms with van der Waals surface area (Å²) in [4.78, 5) is 37.9. The predicted molar refractivity (Wildman–Crippen MR) is 119 cm³/mol. The fraction of sp³-hybridized carbons (Fsp3) is 0.261. The lowest BCUT2D eigenvalue weighted by Gasteiger charge is -2.25. The van der Waals surface area contributed by atoms with Gasteiger partial charge in [0, 0.05) is 14.1 Å². The van der Waals surface area contributed by atoms with E-state index in [1.54, 1.807) is 6.92 Å². The first-order valence-corrected chi connectivity index (χ1v) is 10.0. The number of benzene rings is 2. The van der Waals surface area contributed by atoms with Crippen LogP contribution in [0.1, 0.15) is 40.9 Å². The number of anilines is 3. The van der Waals surface area contributed by atoms with Crippen molar-refractivity contribution in [3.8, 4) is 5.75 Å². The third-order valence-corrected chi connectivity index (χ3v) is 5.21. The number of para-hydroxylation sites is 1. The van der Waals surface area contributed by atoms with Gasteiger partial charge in [-0.2, -0.15) is 13.2 Å². The van der Waals surface area contributed by atoms with Gasteiger partial charge in [-0.25, -0.2) is 0 Å². The molecule has 0 fully saturated rings. The van der Waals surface area contributed by atoms with E-state index in [2.05, 4.69) is 10.6 Å². The van der Waals surface area contributed by atoms with Crippen LogP contribution in [0.15, 0.2) is 52.1 Å². The van der Waals surface area contributed by atoms with E-state index in [0.29, 0.717) is 0 Å². The summed E-state index contributed by atoms with van der Waals surface area (Å²) < 4.78 is 40.4. The highest BCUT2D eigenvalue weighted by Crippen LogP contribution is 2.38. The molecule has 0 heterocycles. The lowest BCUT2D eigenvalue weighted by Crippen LogP contribution is -2.37. The van der Waals surface area contributed by atoms with E-state index in [1.165, 1.54) is 55.4 Å². The molecule has 1 unspecified atom stereocenters. The van der Waals surface area contributed by atoms with Crippen LogP contribution < -0.4 is 21.5 Å². The van der Waals surface area contributed by atoms with E-state index in [-0.39, 0.29) is 34.6 Å². The van der Waals surface area contributed by atoms with Gasteiger partial charge in [0.15, 0.2) is 5.75 Å². The number of hydrogen-bond donors (Lipinski definition) is 3. The summed E-state index contributed by atoms with van der Waals surface area (Å²) in [7, 11) is 3.01. The van der Waals surface area contributed by atoms with Crippen molar-refractivity contribution in [1.82, 2.24) is 4.90 Å². The predicted octanol–water partition coefficient (Wildman–Crippen LogP) is 4.02. The minimum atomic E-state index is -4.59. The molecule has 33 heavy (non-hydrogen) atoms. The Kier molecular flexibility index (Phi) is 6.48. The number of nitrogens with one attached hydrogen (secondary N) is 2. The van der Waals surface area contributed by atoms with Crippen molar-refractivity contribution in [2.24, 2.45) is 0 Å². The number of carbonyl (C=O) groups is 1. The standard InChI is InChI=1S/C23H22F3N3O4/c1-4-15(12-8-5-6-10-14(12)23(24,25)26)27-17-18(21(32)20(17)31)28-16-11-7-9-13(19(16)30)22(33)29(2)3/h5-11,15,27-28,30H,4H2,1-3H3. The Labute approximate surface area is 187 Å². The molecule has 0 aliphatic carbocycles. The van der Waals surface area contributed by atoms with E-state index in [4.69, 9.17) is 0 Å². The molecule has 3 aromatic carbocycles. The summed E-state index contributed by atoms with van der Waals surface area (Å²) in [6.45, 7) is 1.64. The minimum absolute atomic E-state index is 0.00147. The van der Waals surface area contributed by atoms with Crippen LogP contribution in [0, 0.1) is 0 Å². The number of aromatic hydroxyl groups is 1. The Morgan fingerprint density at radius 2 is 1.67 bits per heavy atom. The molecule has 174 valence electrons. The molecule has 3 aromatic rings. The van der Waals surface area contributed by atoms with Crippen molar-refractivity contribution >= 4 is 23.0 Å². The number of amides is 1.